The predicted molar refractivity (Wildman–Crippen MR) is 65.2 cm³/mol. The molecule has 1 aliphatic rings. The van der Waals surface area contributed by atoms with E-state index in [1.807, 2.05) is 6.07 Å². The van der Waals surface area contributed by atoms with E-state index < -0.39 is 0 Å². The average molecular weight is 220 g/mol. The van der Waals surface area contributed by atoms with Gasteiger partial charge < -0.3 is 10.6 Å². The van der Waals surface area contributed by atoms with Crippen LogP contribution in [-0.2, 0) is 6.54 Å². The maximum absolute atomic E-state index is 5.74. The first-order valence-electron chi connectivity index (χ1n) is 6.14. The monoisotopic (exact) mass is 220 g/mol. The number of hydrogen-bond acceptors (Lipinski definition) is 4. The minimum Gasteiger partial charge on any atom is -0.352 e. The van der Waals surface area contributed by atoms with Gasteiger partial charge in [0.1, 0.15) is 0 Å². The number of aromatic nitrogens is 2. The average Bonchev–Trinajstić information content (AvgIpc) is 3.14. The molecule has 0 aliphatic heterocycles. The fraction of sp³-hybridized carbons (Fsp3) is 0.667. The summed E-state index contributed by atoms with van der Waals surface area (Å²) in [5, 5.41) is 8.25. The van der Waals surface area contributed by atoms with Gasteiger partial charge in [0.25, 0.3) is 0 Å². The van der Waals surface area contributed by atoms with Crippen LogP contribution in [0.15, 0.2) is 12.3 Å². The lowest BCUT2D eigenvalue weighted by molar-refractivity contribution is 0.693. The summed E-state index contributed by atoms with van der Waals surface area (Å²) < 4.78 is 0. The maximum Gasteiger partial charge on any atom is 0.156 e. The lowest BCUT2D eigenvalue weighted by Gasteiger charge is -2.24. The van der Waals surface area contributed by atoms with Gasteiger partial charge in [-0.1, -0.05) is 13.3 Å². The molecule has 0 unspecified atom stereocenters. The summed E-state index contributed by atoms with van der Waals surface area (Å²) in [5.74, 6) is 1.00. The zero-order valence-electron chi connectivity index (χ0n) is 9.89. The van der Waals surface area contributed by atoms with Crippen molar-refractivity contribution >= 4 is 5.82 Å². The Labute approximate surface area is 96.9 Å². The molecule has 2 N–H and O–H groups in total. The van der Waals surface area contributed by atoms with Crippen LogP contribution in [0, 0.1) is 0 Å². The highest BCUT2D eigenvalue weighted by Gasteiger charge is 2.30. The summed E-state index contributed by atoms with van der Waals surface area (Å²) >= 11 is 0. The molecule has 0 atom stereocenters. The first kappa shape index (κ1) is 11.3. The number of nitrogens with zero attached hydrogens (tertiary/aromatic N) is 3. The Balaban J connectivity index is 2.16. The van der Waals surface area contributed by atoms with E-state index in [2.05, 4.69) is 22.0 Å². The second kappa shape index (κ2) is 5.25. The van der Waals surface area contributed by atoms with Crippen molar-refractivity contribution in [1.82, 2.24) is 10.2 Å². The molecule has 16 heavy (non-hydrogen) atoms. The number of rotatable bonds is 6. The maximum atomic E-state index is 5.74. The zero-order valence-corrected chi connectivity index (χ0v) is 9.89. The lowest BCUT2D eigenvalue weighted by atomic mass is 10.2. The summed E-state index contributed by atoms with van der Waals surface area (Å²) in [6.45, 7) is 3.83. The Morgan fingerprint density at radius 3 is 2.94 bits per heavy atom. The van der Waals surface area contributed by atoms with Crippen molar-refractivity contribution in [3.63, 3.8) is 0 Å². The molecule has 4 heteroatoms. The van der Waals surface area contributed by atoms with Crippen molar-refractivity contribution in [2.24, 2.45) is 5.73 Å². The van der Waals surface area contributed by atoms with E-state index in [1.54, 1.807) is 6.20 Å². The summed E-state index contributed by atoms with van der Waals surface area (Å²) in [5.41, 5.74) is 6.85. The Bertz CT molecular complexity index is 336. The van der Waals surface area contributed by atoms with Crippen LogP contribution in [0.5, 0.6) is 0 Å². The summed E-state index contributed by atoms with van der Waals surface area (Å²) in [7, 11) is 0. The SMILES string of the molecule is CCCCN(c1nnccc1CN)C1CC1. The van der Waals surface area contributed by atoms with E-state index in [9.17, 15) is 0 Å². The quantitative estimate of drug-likeness (QED) is 0.793. The summed E-state index contributed by atoms with van der Waals surface area (Å²) in [4.78, 5) is 2.39. The molecule has 1 aromatic heterocycles. The van der Waals surface area contributed by atoms with E-state index in [0.29, 0.717) is 12.6 Å². The Hall–Kier alpha value is -1.16. The van der Waals surface area contributed by atoms with E-state index in [0.717, 1.165) is 17.9 Å². The highest BCUT2D eigenvalue weighted by Crippen LogP contribution is 2.32. The van der Waals surface area contributed by atoms with Crippen LogP contribution in [0.4, 0.5) is 5.82 Å². The fourth-order valence-corrected chi connectivity index (χ4v) is 1.93. The molecule has 0 amide bonds. The molecule has 1 fully saturated rings. The molecular formula is C12H20N4. The van der Waals surface area contributed by atoms with Gasteiger partial charge in [0.15, 0.2) is 5.82 Å². The largest absolute Gasteiger partial charge is 0.352 e. The van der Waals surface area contributed by atoms with Crippen LogP contribution < -0.4 is 10.6 Å². The predicted octanol–water partition coefficient (Wildman–Crippen LogP) is 1.70. The van der Waals surface area contributed by atoms with Crippen molar-refractivity contribution in [3.8, 4) is 0 Å². The fourth-order valence-electron chi connectivity index (χ4n) is 1.93. The molecule has 0 aromatic carbocycles. The van der Waals surface area contributed by atoms with Gasteiger partial charge in [-0.3, -0.25) is 0 Å². The lowest BCUT2D eigenvalue weighted by Crippen LogP contribution is -2.29. The van der Waals surface area contributed by atoms with E-state index in [1.165, 1.54) is 25.7 Å². The van der Waals surface area contributed by atoms with Crippen LogP contribution >= 0.6 is 0 Å². The molecule has 4 nitrogen and oxygen atoms in total. The zero-order chi connectivity index (χ0) is 11.4. The van der Waals surface area contributed by atoms with Crippen molar-refractivity contribution in [3.05, 3.63) is 17.8 Å². The van der Waals surface area contributed by atoms with Crippen molar-refractivity contribution in [2.75, 3.05) is 11.4 Å². The third-order valence-electron chi connectivity index (χ3n) is 3.01. The van der Waals surface area contributed by atoms with Crippen LogP contribution in [-0.4, -0.2) is 22.8 Å². The minimum absolute atomic E-state index is 0.542. The number of anilines is 1. The van der Waals surface area contributed by atoms with E-state index in [4.69, 9.17) is 5.73 Å². The molecule has 1 aliphatic carbocycles. The smallest absolute Gasteiger partial charge is 0.156 e. The van der Waals surface area contributed by atoms with Gasteiger partial charge in [0.2, 0.25) is 0 Å². The highest BCUT2D eigenvalue weighted by atomic mass is 15.3. The molecule has 88 valence electrons. The van der Waals surface area contributed by atoms with Gasteiger partial charge in [-0.25, -0.2) is 0 Å². The standard InChI is InChI=1S/C12H20N4/c1-2-3-8-16(11-4-5-11)12-10(9-13)6-7-14-15-12/h6-7,11H,2-5,8-9,13H2,1H3. The van der Waals surface area contributed by atoms with Gasteiger partial charge in [-0.15, -0.1) is 5.10 Å². The Morgan fingerprint density at radius 1 is 1.50 bits per heavy atom. The summed E-state index contributed by atoms with van der Waals surface area (Å²) in [6, 6.07) is 2.65. The minimum atomic E-state index is 0.542. The first-order chi connectivity index (χ1) is 7.86. The van der Waals surface area contributed by atoms with Gasteiger partial charge in [-0.2, -0.15) is 5.10 Å². The van der Waals surface area contributed by atoms with E-state index >= 15 is 0 Å². The van der Waals surface area contributed by atoms with Crippen LogP contribution in [0.1, 0.15) is 38.2 Å². The second-order valence-electron chi connectivity index (χ2n) is 4.36. The molecule has 1 saturated carbocycles. The van der Waals surface area contributed by atoms with Crippen LogP contribution in [0.25, 0.3) is 0 Å². The first-order valence-corrected chi connectivity index (χ1v) is 6.14. The highest BCUT2D eigenvalue weighted by molar-refractivity contribution is 5.47. The molecular weight excluding hydrogens is 200 g/mol. The number of nitrogens with two attached hydrogens (primary N) is 1. The van der Waals surface area contributed by atoms with Crippen molar-refractivity contribution in [2.45, 2.75) is 45.2 Å². The number of hydrogen-bond donors (Lipinski definition) is 1. The van der Waals surface area contributed by atoms with E-state index in [-0.39, 0.29) is 0 Å². The van der Waals surface area contributed by atoms with Crippen LogP contribution in [0.2, 0.25) is 0 Å². The van der Waals surface area contributed by atoms with Gasteiger partial charge >= 0.3 is 0 Å². The molecule has 1 heterocycles. The molecule has 2 rings (SSSR count). The normalized spacial score (nSPS) is 15.1. The molecule has 0 bridgehead atoms. The van der Waals surface area contributed by atoms with Crippen LogP contribution in [0.3, 0.4) is 0 Å². The topological polar surface area (TPSA) is 55.0 Å². The summed E-state index contributed by atoms with van der Waals surface area (Å²) in [6.07, 6.45) is 6.70. The Kier molecular flexibility index (Phi) is 3.72. The third kappa shape index (κ3) is 2.50. The molecule has 0 saturated heterocycles. The van der Waals surface area contributed by atoms with Gasteiger partial charge in [0, 0.05) is 24.7 Å². The molecule has 0 radical (unpaired) electrons. The number of unbranched alkanes of at least 4 members (excludes halogenated alkanes) is 1. The third-order valence-corrected chi connectivity index (χ3v) is 3.01. The molecule has 1 aromatic rings. The van der Waals surface area contributed by atoms with Gasteiger partial charge in [-0.05, 0) is 25.3 Å². The molecule has 0 spiro atoms. The Morgan fingerprint density at radius 2 is 2.31 bits per heavy atom. The second-order valence-corrected chi connectivity index (χ2v) is 4.36. The van der Waals surface area contributed by atoms with Gasteiger partial charge in [0.05, 0.1) is 6.20 Å². The van der Waals surface area contributed by atoms with Crippen molar-refractivity contribution in [1.29, 1.82) is 0 Å². The van der Waals surface area contributed by atoms with Crippen molar-refractivity contribution < 1.29 is 0 Å².